The number of aliphatic carboxylic acids is 1. The van der Waals surface area contributed by atoms with Crippen LogP contribution >= 0.6 is 0 Å². The Morgan fingerprint density at radius 3 is 2.44 bits per heavy atom. The second-order valence-electron chi connectivity index (χ2n) is 3.68. The Labute approximate surface area is 102 Å². The molecule has 0 amide bonds. The normalized spacial score (nSPS) is 13.1. The van der Waals surface area contributed by atoms with Crippen molar-refractivity contribution < 1.29 is 27.1 Å². The van der Waals surface area contributed by atoms with E-state index >= 15 is 0 Å². The third kappa shape index (κ3) is 2.76. The molecule has 1 rings (SSSR count). The molecule has 18 heavy (non-hydrogen) atoms. The summed E-state index contributed by atoms with van der Waals surface area (Å²) >= 11 is 0. The highest BCUT2D eigenvalue weighted by Crippen LogP contribution is 2.23. The smallest absolute Gasteiger partial charge is 0.323 e. The van der Waals surface area contributed by atoms with Gasteiger partial charge in [-0.3, -0.25) is 9.52 Å². The highest BCUT2D eigenvalue weighted by atomic mass is 32.2. The molecule has 0 radical (unpaired) electrons. The van der Waals surface area contributed by atoms with E-state index in [0.717, 1.165) is 19.1 Å². The standard InChI is InChI=1S/C10H11F2NO4S/c1-5-3-4-7(11)9(8(5)12)13-18(16,17)6(2)10(14)15/h3-4,6,13H,1-2H3,(H,14,15). The molecule has 0 aliphatic heterocycles. The van der Waals surface area contributed by atoms with Crippen LogP contribution in [0.25, 0.3) is 0 Å². The monoisotopic (exact) mass is 279 g/mol. The first-order valence-electron chi connectivity index (χ1n) is 4.86. The summed E-state index contributed by atoms with van der Waals surface area (Å²) in [4.78, 5) is 10.6. The van der Waals surface area contributed by atoms with Crippen LogP contribution in [0, 0.1) is 18.6 Å². The lowest BCUT2D eigenvalue weighted by Gasteiger charge is -2.13. The first-order chi connectivity index (χ1) is 8.16. The molecule has 8 heteroatoms. The maximum absolute atomic E-state index is 13.5. The number of rotatable bonds is 4. The van der Waals surface area contributed by atoms with E-state index in [0.29, 0.717) is 0 Å². The number of carboxylic acid groups (broad SMARTS) is 1. The van der Waals surface area contributed by atoms with Gasteiger partial charge >= 0.3 is 5.97 Å². The largest absolute Gasteiger partial charge is 0.480 e. The molecule has 1 unspecified atom stereocenters. The predicted octanol–water partition coefficient (Wildman–Crippen LogP) is 1.49. The molecule has 5 nitrogen and oxygen atoms in total. The third-order valence-corrected chi connectivity index (χ3v) is 3.96. The lowest BCUT2D eigenvalue weighted by atomic mass is 10.2. The van der Waals surface area contributed by atoms with Gasteiger partial charge in [0.05, 0.1) is 0 Å². The molecule has 100 valence electrons. The van der Waals surface area contributed by atoms with Crippen LogP contribution in [0.5, 0.6) is 0 Å². The molecule has 0 bridgehead atoms. The van der Waals surface area contributed by atoms with Crippen molar-refractivity contribution in [2.75, 3.05) is 4.72 Å². The van der Waals surface area contributed by atoms with E-state index in [9.17, 15) is 22.0 Å². The maximum Gasteiger partial charge on any atom is 0.323 e. The van der Waals surface area contributed by atoms with Gasteiger partial charge in [0.1, 0.15) is 11.5 Å². The van der Waals surface area contributed by atoms with Gasteiger partial charge in [0.2, 0.25) is 10.0 Å². The van der Waals surface area contributed by atoms with Crippen molar-refractivity contribution in [1.29, 1.82) is 0 Å². The number of hydrogen-bond acceptors (Lipinski definition) is 3. The summed E-state index contributed by atoms with van der Waals surface area (Å²) in [5, 5.41) is 6.76. The van der Waals surface area contributed by atoms with Crippen LogP contribution in [-0.4, -0.2) is 24.7 Å². The molecular weight excluding hydrogens is 268 g/mol. The van der Waals surface area contributed by atoms with Gasteiger partial charge in [0.25, 0.3) is 0 Å². The van der Waals surface area contributed by atoms with Crippen molar-refractivity contribution in [1.82, 2.24) is 0 Å². The van der Waals surface area contributed by atoms with Crippen molar-refractivity contribution in [2.45, 2.75) is 19.1 Å². The number of anilines is 1. The van der Waals surface area contributed by atoms with Crippen molar-refractivity contribution in [3.8, 4) is 0 Å². The lowest BCUT2D eigenvalue weighted by Crippen LogP contribution is -2.32. The van der Waals surface area contributed by atoms with Gasteiger partial charge in [0, 0.05) is 0 Å². The summed E-state index contributed by atoms with van der Waals surface area (Å²) < 4.78 is 51.5. The first-order valence-corrected chi connectivity index (χ1v) is 6.40. The van der Waals surface area contributed by atoms with Gasteiger partial charge in [-0.1, -0.05) is 6.07 Å². The predicted molar refractivity (Wildman–Crippen MR) is 60.7 cm³/mol. The Bertz CT molecular complexity index is 586. The van der Waals surface area contributed by atoms with Gasteiger partial charge in [-0.05, 0) is 25.5 Å². The second kappa shape index (κ2) is 4.89. The SMILES string of the molecule is Cc1ccc(F)c(NS(=O)(=O)C(C)C(=O)O)c1F. The fourth-order valence-electron chi connectivity index (χ4n) is 1.11. The third-order valence-electron chi connectivity index (χ3n) is 2.34. The molecule has 0 spiro atoms. The number of carbonyl (C=O) groups is 1. The summed E-state index contributed by atoms with van der Waals surface area (Å²) in [6.07, 6.45) is 0. The average molecular weight is 279 g/mol. The molecule has 1 aromatic rings. The molecule has 1 atom stereocenters. The van der Waals surface area contributed by atoms with E-state index in [1.165, 1.54) is 6.92 Å². The van der Waals surface area contributed by atoms with E-state index < -0.39 is 38.6 Å². The Balaban J connectivity index is 3.20. The Morgan fingerprint density at radius 2 is 1.94 bits per heavy atom. The zero-order valence-corrected chi connectivity index (χ0v) is 10.4. The minimum Gasteiger partial charge on any atom is -0.480 e. The van der Waals surface area contributed by atoms with Gasteiger partial charge in [-0.2, -0.15) is 0 Å². The minimum atomic E-state index is -4.40. The molecular formula is C10H11F2NO4S. The van der Waals surface area contributed by atoms with E-state index in [2.05, 4.69) is 0 Å². The summed E-state index contributed by atoms with van der Waals surface area (Å²) in [7, 11) is -4.40. The Hall–Kier alpha value is -1.70. The number of nitrogens with one attached hydrogen (secondary N) is 1. The van der Waals surface area contributed by atoms with Crippen molar-refractivity contribution in [3.63, 3.8) is 0 Å². The average Bonchev–Trinajstić information content (AvgIpc) is 2.28. The fourth-order valence-corrected chi connectivity index (χ4v) is 2.03. The van der Waals surface area contributed by atoms with Gasteiger partial charge < -0.3 is 5.11 Å². The zero-order valence-electron chi connectivity index (χ0n) is 9.57. The number of halogens is 2. The van der Waals surface area contributed by atoms with Crippen molar-refractivity contribution in [2.24, 2.45) is 0 Å². The maximum atomic E-state index is 13.5. The molecule has 0 aliphatic rings. The van der Waals surface area contributed by atoms with Crippen LogP contribution < -0.4 is 4.72 Å². The van der Waals surface area contributed by atoms with Gasteiger partial charge in [-0.25, -0.2) is 17.2 Å². The number of carboxylic acids is 1. The van der Waals surface area contributed by atoms with Crippen LogP contribution in [0.4, 0.5) is 14.5 Å². The summed E-state index contributed by atoms with van der Waals surface area (Å²) in [6.45, 7) is 2.23. The first kappa shape index (κ1) is 14.4. The Morgan fingerprint density at radius 1 is 1.39 bits per heavy atom. The molecule has 0 fully saturated rings. The molecule has 0 saturated heterocycles. The molecule has 0 heterocycles. The summed E-state index contributed by atoms with van der Waals surface area (Å²) in [5.41, 5.74) is -0.833. The highest BCUT2D eigenvalue weighted by molar-refractivity contribution is 7.94. The van der Waals surface area contributed by atoms with Crippen molar-refractivity contribution in [3.05, 3.63) is 29.3 Å². The second-order valence-corrected chi connectivity index (χ2v) is 5.68. The van der Waals surface area contributed by atoms with E-state index in [-0.39, 0.29) is 5.56 Å². The highest BCUT2D eigenvalue weighted by Gasteiger charge is 2.29. The van der Waals surface area contributed by atoms with Crippen LogP contribution in [0.1, 0.15) is 12.5 Å². The van der Waals surface area contributed by atoms with Crippen LogP contribution in [-0.2, 0) is 14.8 Å². The topological polar surface area (TPSA) is 83.5 Å². The number of aryl methyl sites for hydroxylation is 1. The minimum absolute atomic E-state index is 0.0390. The number of hydrogen-bond donors (Lipinski definition) is 2. The van der Waals surface area contributed by atoms with Gasteiger partial charge in [-0.15, -0.1) is 0 Å². The fraction of sp³-hybridized carbons (Fsp3) is 0.300. The zero-order chi connectivity index (χ0) is 14.1. The molecule has 2 N–H and O–H groups in total. The molecule has 0 saturated carbocycles. The van der Waals surface area contributed by atoms with Crippen LogP contribution in [0.15, 0.2) is 12.1 Å². The summed E-state index contributed by atoms with van der Waals surface area (Å²) in [6, 6.07) is 2.03. The Kier molecular flexibility index (Phi) is 3.90. The molecule has 0 aliphatic carbocycles. The van der Waals surface area contributed by atoms with E-state index in [1.807, 2.05) is 0 Å². The van der Waals surface area contributed by atoms with E-state index in [1.54, 1.807) is 4.72 Å². The quantitative estimate of drug-likeness (QED) is 0.874. The van der Waals surface area contributed by atoms with E-state index in [4.69, 9.17) is 5.11 Å². The summed E-state index contributed by atoms with van der Waals surface area (Å²) in [5.74, 6) is -3.80. The number of benzene rings is 1. The van der Waals surface area contributed by atoms with Gasteiger partial charge in [0.15, 0.2) is 11.1 Å². The molecule has 1 aromatic carbocycles. The van der Waals surface area contributed by atoms with Crippen molar-refractivity contribution >= 4 is 21.7 Å². The van der Waals surface area contributed by atoms with Crippen LogP contribution in [0.2, 0.25) is 0 Å². The number of sulfonamides is 1. The lowest BCUT2D eigenvalue weighted by molar-refractivity contribution is -0.136. The molecule has 0 aromatic heterocycles. The van der Waals surface area contributed by atoms with Crippen LogP contribution in [0.3, 0.4) is 0 Å².